The van der Waals surface area contributed by atoms with E-state index in [2.05, 4.69) is 6.58 Å². The molecule has 0 atom stereocenters. The number of esters is 1. The number of allylic oxidation sites excluding steroid dienone is 2. The maximum Gasteiger partial charge on any atom is 0.309 e. The quantitative estimate of drug-likeness (QED) is 0.437. The Morgan fingerprint density at radius 2 is 1.74 bits per heavy atom. The molecular weight excluding hydrogens is 244 g/mol. The first kappa shape index (κ1) is 15.5. The van der Waals surface area contributed by atoms with Crippen LogP contribution in [0.2, 0.25) is 0 Å². The van der Waals surface area contributed by atoms with E-state index >= 15 is 0 Å². The SMILES string of the molecule is C=CCCC=CCOC(=O)C1CCC(C(=O)O)CC1. The predicted molar refractivity (Wildman–Crippen MR) is 72.6 cm³/mol. The van der Waals surface area contributed by atoms with Crippen molar-refractivity contribution >= 4 is 11.9 Å². The third kappa shape index (κ3) is 5.73. The van der Waals surface area contributed by atoms with Crippen LogP contribution in [0.1, 0.15) is 38.5 Å². The van der Waals surface area contributed by atoms with Crippen LogP contribution in [0, 0.1) is 11.8 Å². The lowest BCUT2D eigenvalue weighted by atomic mass is 9.82. The summed E-state index contributed by atoms with van der Waals surface area (Å²) in [7, 11) is 0. The summed E-state index contributed by atoms with van der Waals surface area (Å²) in [5.74, 6) is -1.37. The Morgan fingerprint density at radius 1 is 1.11 bits per heavy atom. The first-order valence-electron chi connectivity index (χ1n) is 6.80. The summed E-state index contributed by atoms with van der Waals surface area (Å²) in [4.78, 5) is 22.5. The minimum atomic E-state index is -0.753. The molecular formula is C15H22O4. The van der Waals surface area contributed by atoms with Gasteiger partial charge in [-0.25, -0.2) is 0 Å². The molecule has 0 aliphatic heterocycles. The van der Waals surface area contributed by atoms with Gasteiger partial charge in [-0.3, -0.25) is 9.59 Å². The molecule has 0 amide bonds. The van der Waals surface area contributed by atoms with Gasteiger partial charge in [-0.15, -0.1) is 6.58 Å². The number of carbonyl (C=O) groups is 2. The molecule has 4 nitrogen and oxygen atoms in total. The molecule has 0 unspecified atom stereocenters. The minimum Gasteiger partial charge on any atom is -0.481 e. The monoisotopic (exact) mass is 266 g/mol. The van der Waals surface area contributed by atoms with Crippen molar-refractivity contribution in [2.24, 2.45) is 11.8 Å². The van der Waals surface area contributed by atoms with Crippen molar-refractivity contribution in [3.05, 3.63) is 24.8 Å². The number of hydrogen-bond donors (Lipinski definition) is 1. The summed E-state index contributed by atoms with van der Waals surface area (Å²) in [6, 6.07) is 0. The number of unbranched alkanes of at least 4 members (excludes halogenated alkanes) is 1. The summed E-state index contributed by atoms with van der Waals surface area (Å²) in [6.45, 7) is 3.93. The van der Waals surface area contributed by atoms with Crippen molar-refractivity contribution in [3.8, 4) is 0 Å². The van der Waals surface area contributed by atoms with Gasteiger partial charge in [-0.1, -0.05) is 18.2 Å². The largest absolute Gasteiger partial charge is 0.481 e. The number of aliphatic carboxylic acids is 1. The van der Waals surface area contributed by atoms with E-state index in [0.717, 1.165) is 12.8 Å². The third-order valence-corrected chi connectivity index (χ3v) is 3.44. The molecule has 4 heteroatoms. The van der Waals surface area contributed by atoms with Crippen LogP contribution >= 0.6 is 0 Å². The highest BCUT2D eigenvalue weighted by Crippen LogP contribution is 2.29. The van der Waals surface area contributed by atoms with Crippen molar-refractivity contribution in [3.63, 3.8) is 0 Å². The van der Waals surface area contributed by atoms with Gasteiger partial charge in [0.15, 0.2) is 0 Å². The molecule has 1 aliphatic rings. The van der Waals surface area contributed by atoms with E-state index in [1.807, 2.05) is 18.2 Å². The molecule has 0 bridgehead atoms. The first-order chi connectivity index (χ1) is 9.15. The molecule has 0 aromatic rings. The lowest BCUT2D eigenvalue weighted by Gasteiger charge is -2.24. The number of carboxylic acid groups (broad SMARTS) is 1. The van der Waals surface area contributed by atoms with Crippen molar-refractivity contribution in [2.75, 3.05) is 6.61 Å². The summed E-state index contributed by atoms with van der Waals surface area (Å²) in [6.07, 6.45) is 9.87. The fourth-order valence-corrected chi connectivity index (χ4v) is 2.22. The minimum absolute atomic E-state index is 0.128. The van der Waals surface area contributed by atoms with Crippen molar-refractivity contribution < 1.29 is 19.4 Å². The van der Waals surface area contributed by atoms with Gasteiger partial charge in [0.1, 0.15) is 6.61 Å². The molecule has 1 saturated carbocycles. The third-order valence-electron chi connectivity index (χ3n) is 3.44. The van der Waals surface area contributed by atoms with Gasteiger partial charge in [-0.05, 0) is 38.5 Å². The van der Waals surface area contributed by atoms with Crippen LogP contribution in [-0.2, 0) is 14.3 Å². The molecule has 0 aromatic carbocycles. The van der Waals surface area contributed by atoms with Gasteiger partial charge in [0, 0.05) is 0 Å². The summed E-state index contributed by atoms with van der Waals surface area (Å²) in [5.41, 5.74) is 0. The van der Waals surface area contributed by atoms with Crippen LogP contribution in [0.5, 0.6) is 0 Å². The number of ether oxygens (including phenoxy) is 1. The van der Waals surface area contributed by atoms with Crippen molar-refractivity contribution in [1.29, 1.82) is 0 Å². The summed E-state index contributed by atoms with van der Waals surface area (Å²) in [5, 5.41) is 8.87. The Balaban J connectivity index is 2.19. The lowest BCUT2D eigenvalue weighted by molar-refractivity contribution is -0.151. The van der Waals surface area contributed by atoms with Crippen LogP contribution in [0.25, 0.3) is 0 Å². The number of rotatable bonds is 7. The number of carbonyl (C=O) groups excluding carboxylic acids is 1. The molecule has 0 saturated heterocycles. The zero-order valence-electron chi connectivity index (χ0n) is 11.2. The average Bonchev–Trinajstić information content (AvgIpc) is 2.42. The highest BCUT2D eigenvalue weighted by atomic mass is 16.5. The second-order valence-electron chi connectivity index (χ2n) is 4.85. The summed E-state index contributed by atoms with van der Waals surface area (Å²) < 4.78 is 5.16. The van der Waals surface area contributed by atoms with Gasteiger partial charge in [0.2, 0.25) is 0 Å². The highest BCUT2D eigenvalue weighted by molar-refractivity contribution is 5.74. The normalized spacial score (nSPS) is 23.2. The predicted octanol–water partition coefficient (Wildman–Crippen LogP) is 2.94. The molecule has 0 aromatic heterocycles. The van der Waals surface area contributed by atoms with Gasteiger partial charge < -0.3 is 9.84 Å². The standard InChI is InChI=1S/C15H22O4/c1-2-3-4-5-6-11-19-15(18)13-9-7-12(8-10-13)14(16)17/h2,5-6,12-13H,1,3-4,7-11H2,(H,16,17). The number of hydrogen-bond acceptors (Lipinski definition) is 3. The second kappa shape index (κ2) is 8.51. The maximum atomic E-state index is 11.7. The molecule has 0 radical (unpaired) electrons. The van der Waals surface area contributed by atoms with E-state index in [1.54, 1.807) is 0 Å². The fraction of sp³-hybridized carbons (Fsp3) is 0.600. The van der Waals surface area contributed by atoms with Crippen molar-refractivity contribution in [1.82, 2.24) is 0 Å². The van der Waals surface area contributed by atoms with Crippen molar-refractivity contribution in [2.45, 2.75) is 38.5 Å². The Morgan fingerprint density at radius 3 is 2.32 bits per heavy atom. The first-order valence-corrected chi connectivity index (χ1v) is 6.80. The van der Waals surface area contributed by atoms with E-state index in [1.165, 1.54) is 0 Å². The van der Waals surface area contributed by atoms with Gasteiger partial charge in [-0.2, -0.15) is 0 Å². The average molecular weight is 266 g/mol. The summed E-state index contributed by atoms with van der Waals surface area (Å²) >= 11 is 0. The molecule has 1 rings (SSSR count). The van der Waals surface area contributed by atoms with Crippen LogP contribution < -0.4 is 0 Å². The topological polar surface area (TPSA) is 63.6 Å². The van der Waals surface area contributed by atoms with Gasteiger partial charge in [0.05, 0.1) is 11.8 Å². The van der Waals surface area contributed by atoms with E-state index < -0.39 is 5.97 Å². The molecule has 0 heterocycles. The zero-order chi connectivity index (χ0) is 14.1. The molecule has 1 aliphatic carbocycles. The highest BCUT2D eigenvalue weighted by Gasteiger charge is 2.30. The maximum absolute atomic E-state index is 11.7. The Hall–Kier alpha value is -1.58. The number of carboxylic acids is 1. The Kier molecular flexibility index (Phi) is 6.93. The van der Waals surface area contributed by atoms with Gasteiger partial charge >= 0.3 is 11.9 Å². The van der Waals surface area contributed by atoms with Crippen LogP contribution in [0.3, 0.4) is 0 Å². The van der Waals surface area contributed by atoms with Crippen LogP contribution in [0.15, 0.2) is 24.8 Å². The van der Waals surface area contributed by atoms with E-state index in [0.29, 0.717) is 32.3 Å². The fourth-order valence-electron chi connectivity index (χ4n) is 2.22. The molecule has 0 spiro atoms. The Labute approximate surface area is 114 Å². The smallest absolute Gasteiger partial charge is 0.309 e. The lowest BCUT2D eigenvalue weighted by Crippen LogP contribution is -2.27. The molecule has 1 fully saturated rings. The van der Waals surface area contributed by atoms with Gasteiger partial charge in [0.25, 0.3) is 0 Å². The molecule has 1 N–H and O–H groups in total. The van der Waals surface area contributed by atoms with E-state index in [-0.39, 0.29) is 17.8 Å². The van der Waals surface area contributed by atoms with Crippen LogP contribution in [0.4, 0.5) is 0 Å². The van der Waals surface area contributed by atoms with E-state index in [4.69, 9.17) is 9.84 Å². The van der Waals surface area contributed by atoms with Crippen LogP contribution in [-0.4, -0.2) is 23.7 Å². The molecule has 19 heavy (non-hydrogen) atoms. The zero-order valence-corrected chi connectivity index (χ0v) is 11.2. The Bertz CT molecular complexity index is 338. The molecule has 106 valence electrons. The van der Waals surface area contributed by atoms with E-state index in [9.17, 15) is 9.59 Å². The second-order valence-corrected chi connectivity index (χ2v) is 4.85.